The lowest BCUT2D eigenvalue weighted by atomic mass is 9.93. The molecule has 188 valence electrons. The number of methoxy groups -OCH3 is 1. The number of amides is 1. The maximum Gasteiger partial charge on any atom is 0.262 e. The Bertz CT molecular complexity index is 1110. The van der Waals surface area contributed by atoms with Crippen molar-refractivity contribution in [2.45, 2.75) is 62.2 Å². The monoisotopic (exact) mass is 526 g/mol. The minimum atomic E-state index is -4.06. The molecule has 1 aromatic heterocycles. The lowest BCUT2D eigenvalue weighted by molar-refractivity contribution is -0.134. The van der Waals surface area contributed by atoms with Crippen LogP contribution in [0.1, 0.15) is 37.1 Å². The third kappa shape index (κ3) is 5.24. The van der Waals surface area contributed by atoms with E-state index in [1.54, 1.807) is 17.6 Å². The molecule has 0 saturated carbocycles. The maximum absolute atomic E-state index is 13.7. The number of carbonyl (C=O) groups excluding carboxylic acids is 1. The summed E-state index contributed by atoms with van der Waals surface area (Å²) >= 11 is 1.54. The number of ether oxygens (including phenoxy) is 1. The Morgan fingerprint density at radius 3 is 2.44 bits per heavy atom. The van der Waals surface area contributed by atoms with Gasteiger partial charge in [-0.15, -0.1) is 11.3 Å². The Balaban J connectivity index is 2.07. The Hall–Kier alpha value is -1.76. The lowest BCUT2D eigenvalue weighted by Crippen LogP contribution is -2.53. The molecule has 0 saturated heterocycles. The van der Waals surface area contributed by atoms with Gasteiger partial charge in [0.1, 0.15) is 11.8 Å². The molecule has 0 fully saturated rings. The number of hydroxylamine groups is 1. The highest BCUT2D eigenvalue weighted by Crippen LogP contribution is 2.41. The Kier molecular flexibility index (Phi) is 7.95. The van der Waals surface area contributed by atoms with Gasteiger partial charge in [-0.1, -0.05) is 20.8 Å². The van der Waals surface area contributed by atoms with E-state index in [0.717, 1.165) is 10.4 Å². The standard InChI is InChI=1S/C23H34N2O6S2Si/c1-23(2,3)34(5,6)31-15-19-18-12-14-32-20(18)11-13-25(21(19)22(26)24-27)33(28,29)17-9-7-16(30-4)8-10-17/h7-10,12,14,19,21,27H,11,13,15H2,1-6H3,(H,24,26)/t19-,21-/m0/s1. The number of fused-ring (bicyclic) bond motifs is 1. The van der Waals surface area contributed by atoms with Crippen molar-refractivity contribution in [2.24, 2.45) is 0 Å². The van der Waals surface area contributed by atoms with Crippen LogP contribution in [0.5, 0.6) is 5.75 Å². The molecule has 0 bridgehead atoms. The van der Waals surface area contributed by atoms with E-state index in [1.165, 1.54) is 34.9 Å². The molecule has 8 nitrogen and oxygen atoms in total. The maximum atomic E-state index is 13.7. The predicted octanol–water partition coefficient (Wildman–Crippen LogP) is 3.98. The minimum Gasteiger partial charge on any atom is -0.497 e. The normalized spacial score (nSPS) is 19.9. The van der Waals surface area contributed by atoms with Gasteiger partial charge in [-0.2, -0.15) is 4.31 Å². The fourth-order valence-electron chi connectivity index (χ4n) is 3.83. The molecule has 1 amide bonds. The number of rotatable bonds is 7. The van der Waals surface area contributed by atoms with E-state index in [9.17, 15) is 18.4 Å². The van der Waals surface area contributed by atoms with Crippen LogP contribution in [0, 0.1) is 0 Å². The minimum absolute atomic E-state index is 0.0540. The zero-order chi connectivity index (χ0) is 25.3. The first-order valence-electron chi connectivity index (χ1n) is 11.1. The van der Waals surface area contributed by atoms with E-state index in [0.29, 0.717) is 12.2 Å². The topological polar surface area (TPSA) is 105 Å². The van der Waals surface area contributed by atoms with Crippen molar-refractivity contribution < 1.29 is 27.6 Å². The van der Waals surface area contributed by atoms with Gasteiger partial charge in [0, 0.05) is 23.9 Å². The van der Waals surface area contributed by atoms with Crippen molar-refractivity contribution in [3.8, 4) is 5.75 Å². The molecule has 3 rings (SSSR count). The number of nitrogens with one attached hydrogen (secondary N) is 1. The second kappa shape index (κ2) is 10.1. The van der Waals surface area contributed by atoms with Crippen molar-refractivity contribution in [2.75, 3.05) is 20.3 Å². The van der Waals surface area contributed by atoms with Crippen LogP contribution < -0.4 is 10.2 Å². The molecule has 0 spiro atoms. The summed E-state index contributed by atoms with van der Waals surface area (Å²) in [7, 11) is -4.75. The summed E-state index contributed by atoms with van der Waals surface area (Å²) < 4.78 is 40.3. The molecule has 2 aromatic rings. The SMILES string of the molecule is COc1ccc(S(=O)(=O)N2CCc3sccc3[C@H](CO[Si](C)(C)C(C)(C)C)[C@H]2C(=O)NO)cc1. The van der Waals surface area contributed by atoms with Gasteiger partial charge in [0.15, 0.2) is 8.32 Å². The Morgan fingerprint density at radius 2 is 1.88 bits per heavy atom. The number of carbonyl (C=O) groups is 1. The smallest absolute Gasteiger partial charge is 0.262 e. The molecule has 34 heavy (non-hydrogen) atoms. The Labute approximate surface area is 207 Å². The molecular formula is C23H34N2O6S2Si. The van der Waals surface area contributed by atoms with Crippen LogP contribution in [0.4, 0.5) is 0 Å². The molecule has 2 heterocycles. The van der Waals surface area contributed by atoms with Gasteiger partial charge >= 0.3 is 0 Å². The molecule has 2 atom stereocenters. The zero-order valence-corrected chi connectivity index (χ0v) is 23.1. The summed E-state index contributed by atoms with van der Waals surface area (Å²) in [5.41, 5.74) is 2.60. The van der Waals surface area contributed by atoms with Gasteiger partial charge in [-0.05, 0) is 65.8 Å². The quantitative estimate of drug-likeness (QED) is 0.321. The summed E-state index contributed by atoms with van der Waals surface area (Å²) in [5, 5.41) is 11.5. The van der Waals surface area contributed by atoms with Crippen LogP contribution >= 0.6 is 11.3 Å². The lowest BCUT2D eigenvalue weighted by Gasteiger charge is -2.39. The van der Waals surface area contributed by atoms with Crippen molar-refractivity contribution in [1.29, 1.82) is 0 Å². The highest BCUT2D eigenvalue weighted by molar-refractivity contribution is 7.89. The number of hydrogen-bond acceptors (Lipinski definition) is 7. The molecule has 2 N–H and O–H groups in total. The number of hydrogen-bond donors (Lipinski definition) is 2. The van der Waals surface area contributed by atoms with E-state index >= 15 is 0 Å². The summed E-state index contributed by atoms with van der Waals surface area (Å²) in [6.07, 6.45) is 0.466. The van der Waals surface area contributed by atoms with E-state index in [1.807, 2.05) is 11.4 Å². The molecule has 11 heteroatoms. The molecule has 1 aliphatic heterocycles. The fourth-order valence-corrected chi connectivity index (χ4v) is 7.43. The van der Waals surface area contributed by atoms with Crippen molar-refractivity contribution >= 4 is 35.6 Å². The van der Waals surface area contributed by atoms with Gasteiger partial charge in [-0.3, -0.25) is 10.0 Å². The Morgan fingerprint density at radius 1 is 1.24 bits per heavy atom. The summed E-state index contributed by atoms with van der Waals surface area (Å²) in [4.78, 5) is 14.1. The molecule has 0 radical (unpaired) electrons. The second-order valence-electron chi connectivity index (χ2n) is 9.94. The van der Waals surface area contributed by atoms with E-state index in [4.69, 9.17) is 9.16 Å². The third-order valence-corrected chi connectivity index (χ3v) is 14.3. The van der Waals surface area contributed by atoms with Crippen LogP contribution in [-0.2, 0) is 25.7 Å². The van der Waals surface area contributed by atoms with Gasteiger partial charge < -0.3 is 9.16 Å². The van der Waals surface area contributed by atoms with E-state index < -0.39 is 36.2 Å². The first-order chi connectivity index (χ1) is 15.8. The van der Waals surface area contributed by atoms with Gasteiger partial charge in [0.05, 0.1) is 12.0 Å². The second-order valence-corrected chi connectivity index (χ2v) is 17.6. The first kappa shape index (κ1) is 26.8. The molecular weight excluding hydrogens is 492 g/mol. The summed E-state index contributed by atoms with van der Waals surface area (Å²) in [5.74, 6) is -0.819. The van der Waals surface area contributed by atoms with E-state index in [-0.39, 0.29) is 23.1 Å². The molecule has 0 unspecified atom stereocenters. The largest absolute Gasteiger partial charge is 0.497 e. The number of sulfonamides is 1. The first-order valence-corrected chi connectivity index (χ1v) is 16.4. The fraction of sp³-hybridized carbons (Fsp3) is 0.522. The van der Waals surface area contributed by atoms with Crippen LogP contribution in [-0.4, -0.2) is 58.5 Å². The number of benzene rings is 1. The highest BCUT2D eigenvalue weighted by Gasteiger charge is 2.46. The van der Waals surface area contributed by atoms with Crippen molar-refractivity contribution in [3.05, 3.63) is 46.2 Å². The van der Waals surface area contributed by atoms with Crippen LogP contribution in [0.3, 0.4) is 0 Å². The van der Waals surface area contributed by atoms with Crippen molar-refractivity contribution in [3.63, 3.8) is 0 Å². The van der Waals surface area contributed by atoms with Gasteiger partial charge in [0.25, 0.3) is 5.91 Å². The summed E-state index contributed by atoms with van der Waals surface area (Å²) in [6.45, 7) is 10.9. The molecule has 1 aromatic carbocycles. The predicted molar refractivity (Wildman–Crippen MR) is 135 cm³/mol. The number of thiophene rings is 1. The zero-order valence-electron chi connectivity index (χ0n) is 20.5. The van der Waals surface area contributed by atoms with Crippen LogP contribution in [0.2, 0.25) is 18.1 Å². The van der Waals surface area contributed by atoms with Crippen molar-refractivity contribution in [1.82, 2.24) is 9.79 Å². The molecule has 0 aliphatic carbocycles. The van der Waals surface area contributed by atoms with Crippen LogP contribution in [0.15, 0.2) is 40.6 Å². The van der Waals surface area contributed by atoms with Crippen LogP contribution in [0.25, 0.3) is 0 Å². The summed E-state index contributed by atoms with van der Waals surface area (Å²) in [6, 6.07) is 6.83. The average Bonchev–Trinajstić information content (AvgIpc) is 3.18. The highest BCUT2D eigenvalue weighted by atomic mass is 32.2. The van der Waals surface area contributed by atoms with Gasteiger partial charge in [0.2, 0.25) is 10.0 Å². The number of nitrogens with zero attached hydrogens (tertiary/aromatic N) is 1. The molecule has 1 aliphatic rings. The van der Waals surface area contributed by atoms with E-state index in [2.05, 4.69) is 33.9 Å². The average molecular weight is 527 g/mol. The third-order valence-electron chi connectivity index (χ3n) is 6.90. The van der Waals surface area contributed by atoms with Gasteiger partial charge in [-0.25, -0.2) is 13.9 Å².